The summed E-state index contributed by atoms with van der Waals surface area (Å²) in [5, 5.41) is 3.47. The lowest BCUT2D eigenvalue weighted by Crippen LogP contribution is -2.26. The molecule has 2 heterocycles. The standard InChI is InChI=1S/C28H42N2P2/c1-26(2,3)23-11-10-21(20-32(27(4,5)6)28(7,8)9)22(16-23)19-31(24-12-14-29-17-24)25-13-15-30-18-25/h10-18,29-30H,19-20H2,1-9H3. The molecule has 3 aromatic rings. The lowest BCUT2D eigenvalue weighted by Gasteiger charge is -2.42. The summed E-state index contributed by atoms with van der Waals surface area (Å²) in [6.45, 7) is 21.6. The van der Waals surface area contributed by atoms with Gasteiger partial charge < -0.3 is 9.97 Å². The molecule has 0 fully saturated rings. The number of H-pyrrole nitrogens is 2. The summed E-state index contributed by atoms with van der Waals surface area (Å²) in [6.07, 6.45) is 10.8. The molecule has 0 spiro atoms. The molecule has 174 valence electrons. The third kappa shape index (κ3) is 6.15. The van der Waals surface area contributed by atoms with Crippen LogP contribution in [0.1, 0.15) is 79.0 Å². The third-order valence-electron chi connectivity index (χ3n) is 6.14. The second-order valence-electron chi connectivity index (χ2n) is 11.9. The molecule has 0 aliphatic rings. The highest BCUT2D eigenvalue weighted by Gasteiger charge is 2.35. The molecule has 0 amide bonds. The minimum atomic E-state index is -0.454. The molecule has 2 N–H and O–H groups in total. The van der Waals surface area contributed by atoms with Gasteiger partial charge in [-0.2, -0.15) is 0 Å². The molecule has 0 saturated heterocycles. The van der Waals surface area contributed by atoms with E-state index in [2.05, 4.69) is 127 Å². The lowest BCUT2D eigenvalue weighted by molar-refractivity contribution is 0.589. The van der Waals surface area contributed by atoms with Gasteiger partial charge in [-0.05, 0) is 69.2 Å². The summed E-state index contributed by atoms with van der Waals surface area (Å²) < 4.78 is 0. The Bertz CT molecular complexity index is 933. The molecular weight excluding hydrogens is 426 g/mol. The number of aromatic nitrogens is 2. The second-order valence-corrected chi connectivity index (χ2v) is 17.9. The number of aromatic amines is 2. The van der Waals surface area contributed by atoms with Crippen LogP contribution in [0, 0.1) is 0 Å². The largest absolute Gasteiger partial charge is 0.367 e. The van der Waals surface area contributed by atoms with Crippen molar-refractivity contribution in [1.29, 1.82) is 0 Å². The normalized spacial score (nSPS) is 13.3. The number of hydrogen-bond donors (Lipinski definition) is 2. The van der Waals surface area contributed by atoms with Crippen LogP contribution in [-0.4, -0.2) is 20.3 Å². The molecule has 3 rings (SSSR count). The Morgan fingerprint density at radius 2 is 1.19 bits per heavy atom. The molecule has 1 aromatic carbocycles. The van der Waals surface area contributed by atoms with Crippen molar-refractivity contribution in [2.24, 2.45) is 0 Å². The van der Waals surface area contributed by atoms with Crippen molar-refractivity contribution in [1.82, 2.24) is 9.97 Å². The maximum Gasteiger partial charge on any atom is 0.00860 e. The Balaban J connectivity index is 2.07. The average Bonchev–Trinajstić information content (AvgIpc) is 3.36. The summed E-state index contributed by atoms with van der Waals surface area (Å²) in [5.41, 5.74) is 4.67. The monoisotopic (exact) mass is 468 g/mol. The molecule has 0 bridgehead atoms. The smallest absolute Gasteiger partial charge is 0.00860 e. The van der Waals surface area contributed by atoms with Gasteiger partial charge in [-0.15, -0.1) is 0 Å². The van der Waals surface area contributed by atoms with Gasteiger partial charge in [-0.3, -0.25) is 0 Å². The minimum absolute atomic E-state index is 0.150. The van der Waals surface area contributed by atoms with Crippen molar-refractivity contribution in [3.8, 4) is 0 Å². The fraction of sp³-hybridized carbons (Fsp3) is 0.500. The lowest BCUT2D eigenvalue weighted by atomic mass is 9.85. The predicted octanol–water partition coefficient (Wildman–Crippen LogP) is 7.85. The summed E-state index contributed by atoms with van der Waals surface area (Å²) in [4.78, 5) is 6.58. The molecule has 0 saturated carbocycles. The number of rotatable bonds is 6. The molecule has 0 aliphatic carbocycles. The van der Waals surface area contributed by atoms with Crippen LogP contribution in [0.4, 0.5) is 0 Å². The van der Waals surface area contributed by atoms with Crippen molar-refractivity contribution >= 4 is 26.5 Å². The van der Waals surface area contributed by atoms with Gasteiger partial charge in [-0.1, -0.05) is 88.4 Å². The Kier molecular flexibility index (Phi) is 7.49. The third-order valence-corrected chi connectivity index (χ3v) is 12.5. The molecule has 0 atom stereocenters. The van der Waals surface area contributed by atoms with Crippen LogP contribution < -0.4 is 10.6 Å². The van der Waals surface area contributed by atoms with Crippen molar-refractivity contribution < 1.29 is 0 Å². The van der Waals surface area contributed by atoms with E-state index in [9.17, 15) is 0 Å². The van der Waals surface area contributed by atoms with Crippen LogP contribution in [0.5, 0.6) is 0 Å². The summed E-state index contributed by atoms with van der Waals surface area (Å²) in [7, 11) is -0.647. The van der Waals surface area contributed by atoms with E-state index < -0.39 is 7.92 Å². The highest BCUT2D eigenvalue weighted by atomic mass is 31.1. The SMILES string of the molecule is CC(C)(C)c1ccc(CP(C(C)(C)C)C(C)(C)C)c(CP(c2cc[nH]c2)c2cc[nH]c2)c1. The van der Waals surface area contributed by atoms with E-state index in [-0.39, 0.29) is 13.3 Å². The molecule has 2 aromatic heterocycles. The first kappa shape index (κ1) is 25.3. The van der Waals surface area contributed by atoms with E-state index >= 15 is 0 Å². The first-order valence-electron chi connectivity index (χ1n) is 11.7. The highest BCUT2D eigenvalue weighted by Crippen LogP contribution is 2.61. The summed E-state index contributed by atoms with van der Waals surface area (Å²) in [5.74, 6) is 0. The van der Waals surface area contributed by atoms with Gasteiger partial charge in [0.15, 0.2) is 0 Å². The van der Waals surface area contributed by atoms with Crippen LogP contribution in [0.25, 0.3) is 0 Å². The van der Waals surface area contributed by atoms with Crippen LogP contribution in [0.3, 0.4) is 0 Å². The fourth-order valence-corrected chi connectivity index (χ4v) is 10.4. The fourth-order valence-electron chi connectivity index (χ4n) is 4.51. The predicted molar refractivity (Wildman–Crippen MR) is 147 cm³/mol. The van der Waals surface area contributed by atoms with E-state index in [1.165, 1.54) is 27.9 Å². The number of hydrogen-bond acceptors (Lipinski definition) is 0. The van der Waals surface area contributed by atoms with Crippen LogP contribution >= 0.6 is 15.8 Å². The molecule has 4 heteroatoms. The molecule has 0 unspecified atom stereocenters. The molecule has 0 radical (unpaired) electrons. The zero-order valence-electron chi connectivity index (χ0n) is 21.5. The maximum absolute atomic E-state index is 3.29. The van der Waals surface area contributed by atoms with Crippen LogP contribution in [-0.2, 0) is 17.7 Å². The summed E-state index contributed by atoms with van der Waals surface area (Å²) in [6, 6.07) is 11.9. The average molecular weight is 469 g/mol. The minimum Gasteiger partial charge on any atom is -0.367 e. The zero-order chi connectivity index (χ0) is 23.7. The molecular formula is C28H42N2P2. The zero-order valence-corrected chi connectivity index (χ0v) is 23.3. The quantitative estimate of drug-likeness (QED) is 0.345. The van der Waals surface area contributed by atoms with Gasteiger partial charge in [0.1, 0.15) is 0 Å². The van der Waals surface area contributed by atoms with Crippen molar-refractivity contribution in [3.63, 3.8) is 0 Å². The Morgan fingerprint density at radius 1 is 0.656 bits per heavy atom. The Hall–Kier alpha value is -1.36. The van der Waals surface area contributed by atoms with E-state index in [1.807, 2.05) is 0 Å². The summed E-state index contributed by atoms with van der Waals surface area (Å²) >= 11 is 0. The van der Waals surface area contributed by atoms with Gasteiger partial charge in [0.05, 0.1) is 0 Å². The Morgan fingerprint density at radius 3 is 1.59 bits per heavy atom. The maximum atomic E-state index is 3.29. The van der Waals surface area contributed by atoms with Gasteiger partial charge in [0, 0.05) is 30.9 Å². The number of benzene rings is 1. The van der Waals surface area contributed by atoms with Gasteiger partial charge >= 0.3 is 0 Å². The van der Waals surface area contributed by atoms with E-state index in [4.69, 9.17) is 0 Å². The van der Waals surface area contributed by atoms with Crippen molar-refractivity contribution in [2.75, 3.05) is 0 Å². The van der Waals surface area contributed by atoms with Gasteiger partial charge in [0.2, 0.25) is 0 Å². The van der Waals surface area contributed by atoms with Crippen molar-refractivity contribution in [3.05, 3.63) is 71.8 Å². The van der Waals surface area contributed by atoms with E-state index in [0.29, 0.717) is 10.3 Å². The van der Waals surface area contributed by atoms with Crippen LogP contribution in [0.15, 0.2) is 55.1 Å². The van der Waals surface area contributed by atoms with Crippen LogP contribution in [0.2, 0.25) is 0 Å². The first-order valence-corrected chi connectivity index (χ1v) is 14.8. The molecule has 32 heavy (non-hydrogen) atoms. The van der Waals surface area contributed by atoms with Gasteiger partial charge in [0.25, 0.3) is 0 Å². The Labute approximate surface area is 198 Å². The highest BCUT2D eigenvalue weighted by molar-refractivity contribution is 7.72. The van der Waals surface area contributed by atoms with E-state index in [1.54, 1.807) is 5.56 Å². The molecule has 0 aliphatic heterocycles. The topological polar surface area (TPSA) is 31.6 Å². The van der Waals surface area contributed by atoms with Crippen molar-refractivity contribution in [2.45, 2.75) is 90.4 Å². The first-order chi connectivity index (χ1) is 14.8. The molecule has 2 nitrogen and oxygen atoms in total. The van der Waals surface area contributed by atoms with E-state index in [0.717, 1.165) is 6.16 Å². The second kappa shape index (κ2) is 9.48. The van der Waals surface area contributed by atoms with Gasteiger partial charge in [-0.25, -0.2) is 0 Å². The number of nitrogens with one attached hydrogen (secondary N) is 2.